The molecule has 23 heavy (non-hydrogen) atoms. The van der Waals surface area contributed by atoms with Crippen molar-refractivity contribution < 1.29 is 0 Å². The Labute approximate surface area is 145 Å². The van der Waals surface area contributed by atoms with Crippen LogP contribution in [0.4, 0.5) is 5.69 Å². The Morgan fingerprint density at radius 3 is 2.83 bits per heavy atom. The van der Waals surface area contributed by atoms with E-state index in [-0.39, 0.29) is 0 Å². The van der Waals surface area contributed by atoms with Gasteiger partial charge in [-0.05, 0) is 36.2 Å². The number of aryl methyl sites for hydroxylation is 1. The molecule has 0 saturated carbocycles. The molecule has 0 aliphatic rings. The fraction of sp³-hybridized carbons (Fsp3) is 0.105. The van der Waals surface area contributed by atoms with E-state index in [9.17, 15) is 0 Å². The predicted octanol–water partition coefficient (Wildman–Crippen LogP) is 6.03. The first-order valence-corrected chi connectivity index (χ1v) is 8.59. The molecule has 116 valence electrons. The van der Waals surface area contributed by atoms with Crippen LogP contribution in [0.1, 0.15) is 16.1 Å². The van der Waals surface area contributed by atoms with Crippen LogP contribution >= 0.6 is 22.9 Å². The maximum atomic E-state index is 6.23. The first-order chi connectivity index (χ1) is 11.2. The largest absolute Gasteiger partial charge is 0.379 e. The van der Waals surface area contributed by atoms with Crippen LogP contribution in [0.15, 0.2) is 54.4 Å². The van der Waals surface area contributed by atoms with Crippen molar-refractivity contribution in [1.82, 2.24) is 4.98 Å². The van der Waals surface area contributed by atoms with Crippen molar-refractivity contribution in [2.45, 2.75) is 13.5 Å². The van der Waals surface area contributed by atoms with Gasteiger partial charge in [-0.2, -0.15) is 0 Å². The molecule has 0 aliphatic heterocycles. The van der Waals surface area contributed by atoms with E-state index in [1.165, 1.54) is 5.56 Å². The van der Waals surface area contributed by atoms with Gasteiger partial charge in [-0.15, -0.1) is 11.3 Å². The van der Waals surface area contributed by atoms with Crippen LogP contribution in [0.3, 0.4) is 0 Å². The Hall–Kier alpha value is -2.10. The smallest absolute Gasteiger partial charge is 0.112 e. The molecule has 4 heteroatoms. The van der Waals surface area contributed by atoms with E-state index < -0.39 is 0 Å². The van der Waals surface area contributed by atoms with Gasteiger partial charge in [0.25, 0.3) is 0 Å². The lowest BCUT2D eigenvalue weighted by Gasteiger charge is -2.07. The van der Waals surface area contributed by atoms with Crippen LogP contribution in [-0.4, -0.2) is 4.98 Å². The van der Waals surface area contributed by atoms with Crippen LogP contribution in [0.5, 0.6) is 0 Å². The summed E-state index contributed by atoms with van der Waals surface area (Å²) in [5.74, 6) is 0. The molecule has 1 aromatic heterocycles. The summed E-state index contributed by atoms with van der Waals surface area (Å²) in [7, 11) is 0. The number of hydrogen-bond acceptors (Lipinski definition) is 3. The van der Waals surface area contributed by atoms with Crippen LogP contribution in [-0.2, 0) is 6.54 Å². The fourth-order valence-corrected chi connectivity index (χ4v) is 3.34. The highest BCUT2D eigenvalue weighted by Crippen LogP contribution is 2.28. The summed E-state index contributed by atoms with van der Waals surface area (Å²) in [5, 5.41) is 7.22. The number of benzene rings is 2. The molecular weight excluding hydrogens is 324 g/mol. The molecule has 0 spiro atoms. The molecule has 0 fully saturated rings. The summed E-state index contributed by atoms with van der Waals surface area (Å²) >= 11 is 7.86. The average molecular weight is 341 g/mol. The highest BCUT2D eigenvalue weighted by atomic mass is 35.5. The Morgan fingerprint density at radius 2 is 2.09 bits per heavy atom. The second kappa shape index (κ2) is 6.99. The minimum atomic E-state index is 0.696. The highest BCUT2D eigenvalue weighted by Gasteiger charge is 2.07. The predicted molar refractivity (Wildman–Crippen MR) is 101 cm³/mol. The van der Waals surface area contributed by atoms with E-state index in [2.05, 4.69) is 42.0 Å². The van der Waals surface area contributed by atoms with Crippen LogP contribution < -0.4 is 5.32 Å². The fourth-order valence-electron chi connectivity index (χ4n) is 2.38. The van der Waals surface area contributed by atoms with Gasteiger partial charge in [0.05, 0.1) is 12.2 Å². The molecule has 0 amide bonds. The zero-order valence-corrected chi connectivity index (χ0v) is 14.4. The van der Waals surface area contributed by atoms with Crippen molar-refractivity contribution in [2.75, 3.05) is 5.32 Å². The number of hydrogen-bond donors (Lipinski definition) is 1. The van der Waals surface area contributed by atoms with Gasteiger partial charge in [-0.25, -0.2) is 4.98 Å². The molecule has 0 unspecified atom stereocenters. The van der Waals surface area contributed by atoms with Crippen LogP contribution in [0.25, 0.3) is 17.3 Å². The lowest BCUT2D eigenvalue weighted by molar-refractivity contribution is 1.10. The third kappa shape index (κ3) is 3.63. The summed E-state index contributed by atoms with van der Waals surface area (Å²) in [4.78, 5) is 4.67. The summed E-state index contributed by atoms with van der Waals surface area (Å²) < 4.78 is 0. The number of rotatable bonds is 5. The zero-order valence-electron chi connectivity index (χ0n) is 12.8. The quantitative estimate of drug-likeness (QED) is 0.613. The average Bonchev–Trinajstić information content (AvgIpc) is 3.02. The molecule has 1 N–H and O–H groups in total. The van der Waals surface area contributed by atoms with Gasteiger partial charge >= 0.3 is 0 Å². The highest BCUT2D eigenvalue weighted by molar-refractivity contribution is 7.10. The lowest BCUT2D eigenvalue weighted by atomic mass is 10.1. The first-order valence-electron chi connectivity index (χ1n) is 7.33. The Kier molecular flexibility index (Phi) is 4.79. The molecule has 3 rings (SSSR count). The van der Waals surface area contributed by atoms with E-state index in [4.69, 9.17) is 11.6 Å². The van der Waals surface area contributed by atoms with Crippen molar-refractivity contribution >= 4 is 34.7 Å². The van der Waals surface area contributed by atoms with Crippen LogP contribution in [0, 0.1) is 6.92 Å². The van der Waals surface area contributed by atoms with Gasteiger partial charge in [-0.1, -0.05) is 48.5 Å². The van der Waals surface area contributed by atoms with Crippen molar-refractivity contribution in [3.05, 3.63) is 75.6 Å². The van der Waals surface area contributed by atoms with Gasteiger partial charge in [0.1, 0.15) is 5.01 Å². The molecule has 0 bridgehead atoms. The lowest BCUT2D eigenvalue weighted by Crippen LogP contribution is -1.99. The summed E-state index contributed by atoms with van der Waals surface area (Å²) in [6, 6.07) is 14.0. The summed E-state index contributed by atoms with van der Waals surface area (Å²) in [6.45, 7) is 6.59. The molecule has 0 aliphatic carbocycles. The Bertz CT molecular complexity index is 839. The first kappa shape index (κ1) is 15.8. The molecule has 2 aromatic carbocycles. The molecule has 2 nitrogen and oxygen atoms in total. The van der Waals surface area contributed by atoms with Crippen molar-refractivity contribution in [1.29, 1.82) is 0 Å². The SMILES string of the molecule is C=Cc1ccc(NCc2nc(-c3ccccc3Cl)cs2)cc1C. The molecule has 3 aromatic rings. The molecule has 0 atom stereocenters. The van der Waals surface area contributed by atoms with Crippen LogP contribution in [0.2, 0.25) is 5.02 Å². The van der Waals surface area contributed by atoms with Gasteiger partial charge in [-0.3, -0.25) is 0 Å². The maximum absolute atomic E-state index is 6.23. The third-order valence-corrected chi connectivity index (χ3v) is 4.81. The third-order valence-electron chi connectivity index (χ3n) is 3.64. The Morgan fingerprint density at radius 1 is 1.26 bits per heavy atom. The molecule has 1 heterocycles. The number of aromatic nitrogens is 1. The number of anilines is 1. The van der Waals surface area contributed by atoms with E-state index in [1.807, 2.05) is 35.7 Å². The Balaban J connectivity index is 1.71. The maximum Gasteiger partial charge on any atom is 0.112 e. The van der Waals surface area contributed by atoms with Gasteiger partial charge in [0.15, 0.2) is 0 Å². The van der Waals surface area contributed by atoms with E-state index in [0.717, 1.165) is 32.5 Å². The molecule has 0 radical (unpaired) electrons. The van der Waals surface area contributed by atoms with Gasteiger partial charge in [0.2, 0.25) is 0 Å². The molecular formula is C19H17ClN2S. The van der Waals surface area contributed by atoms with Crippen molar-refractivity contribution in [3.8, 4) is 11.3 Å². The minimum absolute atomic E-state index is 0.696. The van der Waals surface area contributed by atoms with Crippen molar-refractivity contribution in [3.63, 3.8) is 0 Å². The van der Waals surface area contributed by atoms with E-state index in [1.54, 1.807) is 11.3 Å². The number of thiazole rings is 1. The van der Waals surface area contributed by atoms with Gasteiger partial charge in [0, 0.05) is 21.7 Å². The topological polar surface area (TPSA) is 24.9 Å². The second-order valence-corrected chi connectivity index (χ2v) is 6.59. The number of nitrogens with one attached hydrogen (secondary N) is 1. The standard InChI is InChI=1S/C19H17ClN2S/c1-3-14-8-9-15(10-13(14)2)21-11-19-22-18(12-23-19)16-6-4-5-7-17(16)20/h3-10,12,21H,1,11H2,2H3. The molecule has 0 saturated heterocycles. The normalized spacial score (nSPS) is 10.5. The number of nitrogens with zero attached hydrogens (tertiary/aromatic N) is 1. The minimum Gasteiger partial charge on any atom is -0.379 e. The second-order valence-electron chi connectivity index (χ2n) is 5.24. The van der Waals surface area contributed by atoms with E-state index >= 15 is 0 Å². The number of halogens is 1. The monoisotopic (exact) mass is 340 g/mol. The zero-order chi connectivity index (χ0) is 16.2. The van der Waals surface area contributed by atoms with Crippen molar-refractivity contribution in [2.24, 2.45) is 0 Å². The summed E-state index contributed by atoms with van der Waals surface area (Å²) in [5.41, 5.74) is 5.35. The van der Waals surface area contributed by atoms with E-state index in [0.29, 0.717) is 6.54 Å². The summed E-state index contributed by atoms with van der Waals surface area (Å²) in [6.07, 6.45) is 1.87. The van der Waals surface area contributed by atoms with Gasteiger partial charge < -0.3 is 5.32 Å².